The molecule has 0 atom stereocenters. The number of nitrogens with zero attached hydrogens (tertiary/aromatic N) is 2. The van der Waals surface area contributed by atoms with E-state index >= 15 is 0 Å². The molecule has 0 saturated carbocycles. The van der Waals surface area contributed by atoms with Crippen LogP contribution in [0.1, 0.15) is 30.9 Å². The Hall–Kier alpha value is -2.15. The topological polar surface area (TPSA) is 54.3 Å². The smallest absolute Gasteiger partial charge is 0.268 e. The fourth-order valence-corrected chi connectivity index (χ4v) is 5.09. The largest absolute Gasteiger partial charge is 0.314 e. The molecule has 0 unspecified atom stereocenters. The van der Waals surface area contributed by atoms with Crippen molar-refractivity contribution in [2.24, 2.45) is 0 Å². The van der Waals surface area contributed by atoms with Gasteiger partial charge in [0.15, 0.2) is 0 Å². The molecule has 5 nitrogen and oxygen atoms in total. The zero-order valence-electron chi connectivity index (χ0n) is 16.4. The van der Waals surface area contributed by atoms with Crippen LogP contribution in [0.4, 0.5) is 0 Å². The van der Waals surface area contributed by atoms with E-state index in [9.17, 15) is 8.42 Å². The number of aromatic nitrogens is 1. The van der Waals surface area contributed by atoms with Crippen molar-refractivity contribution in [1.82, 2.24) is 14.2 Å². The Morgan fingerprint density at radius 3 is 2.39 bits per heavy atom. The summed E-state index contributed by atoms with van der Waals surface area (Å²) in [6, 6.07) is 15.2. The number of fused-ring (bicyclic) bond motifs is 1. The van der Waals surface area contributed by atoms with E-state index in [1.807, 2.05) is 30.3 Å². The summed E-state index contributed by atoms with van der Waals surface area (Å²) in [5.41, 5.74) is 3.07. The first-order chi connectivity index (χ1) is 13.4. The number of benzene rings is 2. The third-order valence-corrected chi connectivity index (χ3v) is 7.14. The average molecular weight is 398 g/mol. The van der Waals surface area contributed by atoms with E-state index in [2.05, 4.69) is 30.1 Å². The Labute approximate surface area is 167 Å². The van der Waals surface area contributed by atoms with Gasteiger partial charge in [-0.1, -0.05) is 32.0 Å². The number of nitrogens with one attached hydrogen (secondary N) is 1. The van der Waals surface area contributed by atoms with Gasteiger partial charge in [-0.05, 0) is 47.4 Å². The van der Waals surface area contributed by atoms with E-state index in [1.54, 1.807) is 18.3 Å². The van der Waals surface area contributed by atoms with E-state index in [4.69, 9.17) is 0 Å². The molecule has 0 aliphatic carbocycles. The van der Waals surface area contributed by atoms with Crippen LogP contribution in [0.2, 0.25) is 0 Å². The van der Waals surface area contributed by atoms with Crippen molar-refractivity contribution in [2.75, 3.05) is 26.2 Å². The summed E-state index contributed by atoms with van der Waals surface area (Å²) >= 11 is 0. The van der Waals surface area contributed by atoms with Crippen LogP contribution in [0.15, 0.2) is 59.6 Å². The Bertz CT molecular complexity index is 1060. The van der Waals surface area contributed by atoms with Gasteiger partial charge in [0.1, 0.15) is 0 Å². The maximum absolute atomic E-state index is 13.1. The number of piperazine rings is 1. The predicted molar refractivity (Wildman–Crippen MR) is 113 cm³/mol. The van der Waals surface area contributed by atoms with Gasteiger partial charge >= 0.3 is 0 Å². The number of hydrogen-bond donors (Lipinski definition) is 1. The van der Waals surface area contributed by atoms with Crippen molar-refractivity contribution < 1.29 is 8.42 Å². The molecule has 2 aromatic carbocycles. The molecular formula is C22H27N3O2S. The predicted octanol–water partition coefficient (Wildman–Crippen LogP) is 3.41. The van der Waals surface area contributed by atoms with Gasteiger partial charge in [-0.2, -0.15) is 0 Å². The standard InChI is InChI=1S/C22H27N3O2S/c1-17(2)19-4-6-21(7-5-19)28(26,27)25-12-9-20-15-18(3-8-22(20)25)16-24-13-10-23-11-14-24/h3-9,12,15,17,23H,10-11,13-14,16H2,1-2H3. The molecule has 148 valence electrons. The van der Waals surface area contributed by atoms with Gasteiger partial charge in [0.2, 0.25) is 0 Å². The highest BCUT2D eigenvalue weighted by Gasteiger charge is 2.19. The molecule has 0 radical (unpaired) electrons. The molecule has 0 spiro atoms. The third-order valence-electron chi connectivity index (χ3n) is 5.44. The minimum atomic E-state index is -3.61. The summed E-state index contributed by atoms with van der Waals surface area (Å²) < 4.78 is 27.7. The number of hydrogen-bond acceptors (Lipinski definition) is 4. The lowest BCUT2D eigenvalue weighted by atomic mass is 10.0. The van der Waals surface area contributed by atoms with Crippen LogP contribution < -0.4 is 5.32 Å². The molecule has 4 rings (SSSR count). The van der Waals surface area contributed by atoms with Crippen molar-refractivity contribution in [3.8, 4) is 0 Å². The van der Waals surface area contributed by atoms with Crippen molar-refractivity contribution in [2.45, 2.75) is 31.2 Å². The van der Waals surface area contributed by atoms with Crippen LogP contribution in [0.3, 0.4) is 0 Å². The summed E-state index contributed by atoms with van der Waals surface area (Å²) in [5, 5.41) is 4.32. The Balaban J connectivity index is 1.63. The van der Waals surface area contributed by atoms with E-state index in [-0.39, 0.29) is 0 Å². The highest BCUT2D eigenvalue weighted by Crippen LogP contribution is 2.25. The van der Waals surface area contributed by atoms with Crippen LogP contribution in [0.25, 0.3) is 10.9 Å². The second-order valence-corrected chi connectivity index (χ2v) is 9.57. The minimum Gasteiger partial charge on any atom is -0.314 e. The van der Waals surface area contributed by atoms with Crippen LogP contribution in [-0.2, 0) is 16.6 Å². The zero-order chi connectivity index (χ0) is 19.7. The van der Waals surface area contributed by atoms with Crippen LogP contribution in [-0.4, -0.2) is 43.5 Å². The van der Waals surface area contributed by atoms with Gasteiger partial charge in [0.25, 0.3) is 10.0 Å². The highest BCUT2D eigenvalue weighted by molar-refractivity contribution is 7.90. The van der Waals surface area contributed by atoms with Crippen LogP contribution in [0, 0.1) is 0 Å². The fourth-order valence-electron chi connectivity index (χ4n) is 3.74. The SMILES string of the molecule is CC(C)c1ccc(S(=O)(=O)n2ccc3cc(CN4CCNCC4)ccc32)cc1. The van der Waals surface area contributed by atoms with Crippen LogP contribution >= 0.6 is 0 Å². The first-order valence-electron chi connectivity index (χ1n) is 9.84. The van der Waals surface area contributed by atoms with E-state index in [1.165, 1.54) is 9.54 Å². The molecule has 28 heavy (non-hydrogen) atoms. The maximum atomic E-state index is 13.1. The van der Waals surface area contributed by atoms with Crippen molar-refractivity contribution in [3.05, 3.63) is 65.9 Å². The molecule has 1 N–H and O–H groups in total. The lowest BCUT2D eigenvalue weighted by Gasteiger charge is -2.27. The summed E-state index contributed by atoms with van der Waals surface area (Å²) in [6.07, 6.45) is 1.66. The summed E-state index contributed by atoms with van der Waals surface area (Å²) in [6.45, 7) is 9.21. The zero-order valence-corrected chi connectivity index (χ0v) is 17.2. The number of rotatable bonds is 5. The summed E-state index contributed by atoms with van der Waals surface area (Å²) in [4.78, 5) is 2.74. The van der Waals surface area contributed by atoms with E-state index in [0.717, 1.165) is 49.2 Å². The second kappa shape index (κ2) is 7.70. The first-order valence-corrected chi connectivity index (χ1v) is 11.3. The third kappa shape index (κ3) is 3.72. The van der Waals surface area contributed by atoms with Gasteiger partial charge in [-0.3, -0.25) is 4.90 Å². The first kappa shape index (κ1) is 19.2. The van der Waals surface area contributed by atoms with E-state index in [0.29, 0.717) is 10.8 Å². The lowest BCUT2D eigenvalue weighted by molar-refractivity contribution is 0.233. The van der Waals surface area contributed by atoms with Crippen molar-refractivity contribution in [1.29, 1.82) is 0 Å². The maximum Gasteiger partial charge on any atom is 0.268 e. The molecule has 1 fully saturated rings. The van der Waals surface area contributed by atoms with Crippen molar-refractivity contribution >= 4 is 20.9 Å². The summed E-state index contributed by atoms with van der Waals surface area (Å²) in [5.74, 6) is 0.373. The average Bonchev–Trinajstić information content (AvgIpc) is 3.13. The fraction of sp³-hybridized carbons (Fsp3) is 0.364. The monoisotopic (exact) mass is 397 g/mol. The summed E-state index contributed by atoms with van der Waals surface area (Å²) in [7, 11) is -3.61. The molecule has 0 bridgehead atoms. The molecular weight excluding hydrogens is 370 g/mol. The van der Waals surface area contributed by atoms with Gasteiger partial charge < -0.3 is 5.32 Å². The van der Waals surface area contributed by atoms with Gasteiger partial charge in [0.05, 0.1) is 10.4 Å². The molecule has 1 aromatic heterocycles. The van der Waals surface area contributed by atoms with Gasteiger partial charge in [0, 0.05) is 44.3 Å². The molecule has 2 heterocycles. The highest BCUT2D eigenvalue weighted by atomic mass is 32.2. The molecule has 1 aliphatic rings. The Kier molecular flexibility index (Phi) is 5.27. The minimum absolute atomic E-state index is 0.319. The quantitative estimate of drug-likeness (QED) is 0.717. The van der Waals surface area contributed by atoms with E-state index < -0.39 is 10.0 Å². The second-order valence-electron chi connectivity index (χ2n) is 7.76. The Morgan fingerprint density at radius 1 is 1.00 bits per heavy atom. The lowest BCUT2D eigenvalue weighted by Crippen LogP contribution is -2.42. The molecule has 0 amide bonds. The Morgan fingerprint density at radius 2 is 1.71 bits per heavy atom. The normalized spacial score (nSPS) is 16.1. The van der Waals surface area contributed by atoms with Gasteiger partial charge in [-0.15, -0.1) is 0 Å². The molecule has 6 heteroatoms. The molecule has 1 aliphatic heterocycles. The van der Waals surface area contributed by atoms with Crippen LogP contribution in [0.5, 0.6) is 0 Å². The molecule has 3 aromatic rings. The van der Waals surface area contributed by atoms with Crippen molar-refractivity contribution in [3.63, 3.8) is 0 Å². The van der Waals surface area contributed by atoms with Gasteiger partial charge in [-0.25, -0.2) is 12.4 Å². The molecule has 1 saturated heterocycles.